The van der Waals surface area contributed by atoms with Crippen LogP contribution in [-0.4, -0.2) is 54.2 Å². The Kier molecular flexibility index (Phi) is 3.86. The summed E-state index contributed by atoms with van der Waals surface area (Å²) in [5, 5.41) is 0. The topological polar surface area (TPSA) is 67.5 Å². The number of aromatic nitrogens is 2. The van der Waals surface area contributed by atoms with Gasteiger partial charge in [0.05, 0.1) is 7.11 Å². The summed E-state index contributed by atoms with van der Waals surface area (Å²) in [6, 6.07) is 0.504. The zero-order chi connectivity index (χ0) is 13.1. The van der Waals surface area contributed by atoms with E-state index in [2.05, 4.69) is 33.6 Å². The standard InChI is InChI=1S/C12H21N5O/c1-4-16-5-6-17(7-9(16)2)11-10(13)12(18-3)15-8-14-11/h8-9H,4-7,13H2,1-3H3. The molecule has 0 aliphatic carbocycles. The molecule has 0 radical (unpaired) electrons. The lowest BCUT2D eigenvalue weighted by Crippen LogP contribution is -2.52. The van der Waals surface area contributed by atoms with E-state index in [-0.39, 0.29) is 0 Å². The minimum Gasteiger partial charge on any atom is -0.479 e. The third-order valence-electron chi connectivity index (χ3n) is 3.49. The molecule has 100 valence electrons. The predicted octanol–water partition coefficient (Wildman–Crippen LogP) is 0.598. The van der Waals surface area contributed by atoms with Gasteiger partial charge in [0.25, 0.3) is 0 Å². The summed E-state index contributed by atoms with van der Waals surface area (Å²) < 4.78 is 5.13. The Morgan fingerprint density at radius 3 is 2.83 bits per heavy atom. The van der Waals surface area contributed by atoms with Gasteiger partial charge >= 0.3 is 0 Å². The van der Waals surface area contributed by atoms with Gasteiger partial charge in [-0.1, -0.05) is 6.92 Å². The van der Waals surface area contributed by atoms with E-state index in [4.69, 9.17) is 10.5 Å². The molecule has 6 heteroatoms. The van der Waals surface area contributed by atoms with Crippen molar-refractivity contribution in [2.24, 2.45) is 0 Å². The number of methoxy groups -OCH3 is 1. The summed E-state index contributed by atoms with van der Waals surface area (Å²) in [4.78, 5) is 12.9. The van der Waals surface area contributed by atoms with Crippen LogP contribution in [0.15, 0.2) is 6.33 Å². The molecule has 1 fully saturated rings. The average molecular weight is 251 g/mol. The lowest BCUT2D eigenvalue weighted by Gasteiger charge is -2.40. The molecule has 1 saturated heterocycles. The minimum atomic E-state index is 0.450. The highest BCUT2D eigenvalue weighted by Crippen LogP contribution is 2.28. The number of piperazine rings is 1. The first-order valence-corrected chi connectivity index (χ1v) is 6.30. The summed E-state index contributed by atoms with van der Waals surface area (Å²) in [5.74, 6) is 1.23. The first-order valence-electron chi connectivity index (χ1n) is 6.30. The molecule has 0 aromatic carbocycles. The Hall–Kier alpha value is -1.56. The van der Waals surface area contributed by atoms with Crippen LogP contribution in [0.5, 0.6) is 5.88 Å². The van der Waals surface area contributed by atoms with Crippen LogP contribution < -0.4 is 15.4 Å². The number of ether oxygens (including phenoxy) is 1. The number of nitrogens with two attached hydrogens (primary N) is 1. The zero-order valence-corrected chi connectivity index (χ0v) is 11.3. The molecule has 6 nitrogen and oxygen atoms in total. The molecule has 1 unspecified atom stereocenters. The second-order valence-electron chi connectivity index (χ2n) is 4.54. The van der Waals surface area contributed by atoms with Crippen molar-refractivity contribution < 1.29 is 4.74 Å². The van der Waals surface area contributed by atoms with E-state index < -0.39 is 0 Å². The quantitative estimate of drug-likeness (QED) is 0.848. The second kappa shape index (κ2) is 5.39. The van der Waals surface area contributed by atoms with Gasteiger partial charge in [-0.2, -0.15) is 4.98 Å². The van der Waals surface area contributed by atoms with Crippen LogP contribution in [0.3, 0.4) is 0 Å². The van der Waals surface area contributed by atoms with Crippen molar-refractivity contribution >= 4 is 11.5 Å². The SMILES string of the molecule is CCN1CCN(c2ncnc(OC)c2N)CC1C. The van der Waals surface area contributed by atoms with Crippen LogP contribution in [0, 0.1) is 0 Å². The second-order valence-corrected chi connectivity index (χ2v) is 4.54. The molecule has 1 aliphatic heterocycles. The number of hydrogen-bond donors (Lipinski definition) is 1. The highest BCUT2D eigenvalue weighted by molar-refractivity contribution is 5.67. The van der Waals surface area contributed by atoms with E-state index in [1.165, 1.54) is 6.33 Å². The highest BCUT2D eigenvalue weighted by atomic mass is 16.5. The summed E-state index contributed by atoms with van der Waals surface area (Å²) in [5.41, 5.74) is 6.56. The molecule has 1 atom stereocenters. The fourth-order valence-corrected chi connectivity index (χ4v) is 2.44. The fourth-order valence-electron chi connectivity index (χ4n) is 2.44. The third-order valence-corrected chi connectivity index (χ3v) is 3.49. The van der Waals surface area contributed by atoms with Crippen molar-refractivity contribution in [2.75, 3.05) is 43.9 Å². The van der Waals surface area contributed by atoms with Crippen molar-refractivity contribution in [1.82, 2.24) is 14.9 Å². The lowest BCUT2D eigenvalue weighted by molar-refractivity contribution is 0.199. The Morgan fingerprint density at radius 2 is 2.22 bits per heavy atom. The first kappa shape index (κ1) is 12.9. The largest absolute Gasteiger partial charge is 0.479 e. The Morgan fingerprint density at radius 1 is 1.44 bits per heavy atom. The maximum Gasteiger partial charge on any atom is 0.242 e. The molecule has 1 aromatic rings. The average Bonchev–Trinajstić information content (AvgIpc) is 2.39. The number of likely N-dealkylation sites (N-methyl/N-ethyl adjacent to an activating group) is 1. The van der Waals surface area contributed by atoms with E-state index >= 15 is 0 Å². The molecule has 18 heavy (non-hydrogen) atoms. The van der Waals surface area contributed by atoms with Crippen LogP contribution in [0.1, 0.15) is 13.8 Å². The van der Waals surface area contributed by atoms with E-state index in [1.807, 2.05) is 0 Å². The van der Waals surface area contributed by atoms with Crippen LogP contribution in [0.2, 0.25) is 0 Å². The van der Waals surface area contributed by atoms with E-state index in [1.54, 1.807) is 7.11 Å². The van der Waals surface area contributed by atoms with Crippen molar-refractivity contribution in [1.29, 1.82) is 0 Å². The summed E-state index contributed by atoms with van der Waals surface area (Å²) >= 11 is 0. The van der Waals surface area contributed by atoms with Crippen molar-refractivity contribution in [3.63, 3.8) is 0 Å². The number of rotatable bonds is 3. The predicted molar refractivity (Wildman–Crippen MR) is 71.9 cm³/mol. The van der Waals surface area contributed by atoms with Gasteiger partial charge in [0.2, 0.25) is 5.88 Å². The van der Waals surface area contributed by atoms with Crippen molar-refractivity contribution in [3.05, 3.63) is 6.33 Å². The van der Waals surface area contributed by atoms with Gasteiger partial charge in [0.1, 0.15) is 12.0 Å². The fraction of sp³-hybridized carbons (Fsp3) is 0.667. The van der Waals surface area contributed by atoms with Crippen LogP contribution in [-0.2, 0) is 0 Å². The van der Waals surface area contributed by atoms with Crippen molar-refractivity contribution in [2.45, 2.75) is 19.9 Å². The maximum atomic E-state index is 6.03. The first-order chi connectivity index (χ1) is 8.67. The Bertz CT molecular complexity index is 411. The van der Waals surface area contributed by atoms with Gasteiger partial charge in [-0.05, 0) is 13.5 Å². The number of hydrogen-bond acceptors (Lipinski definition) is 6. The zero-order valence-electron chi connectivity index (χ0n) is 11.3. The minimum absolute atomic E-state index is 0.450. The third kappa shape index (κ3) is 2.33. The molecule has 0 bridgehead atoms. The van der Waals surface area contributed by atoms with Crippen LogP contribution >= 0.6 is 0 Å². The molecule has 0 amide bonds. The lowest BCUT2D eigenvalue weighted by atomic mass is 10.2. The molecule has 1 aromatic heterocycles. The van der Waals surface area contributed by atoms with E-state index in [0.29, 0.717) is 17.6 Å². The number of anilines is 2. The molecular formula is C12H21N5O. The van der Waals surface area contributed by atoms with Gasteiger partial charge in [-0.25, -0.2) is 4.98 Å². The van der Waals surface area contributed by atoms with E-state index in [9.17, 15) is 0 Å². The maximum absolute atomic E-state index is 6.03. The van der Waals surface area contributed by atoms with Gasteiger partial charge in [0.15, 0.2) is 5.82 Å². The van der Waals surface area contributed by atoms with Crippen molar-refractivity contribution in [3.8, 4) is 5.88 Å². The summed E-state index contributed by atoms with van der Waals surface area (Å²) in [6.45, 7) is 8.39. The molecule has 1 aliphatic rings. The summed E-state index contributed by atoms with van der Waals surface area (Å²) in [6.07, 6.45) is 1.50. The smallest absolute Gasteiger partial charge is 0.242 e. The Balaban J connectivity index is 2.18. The Labute approximate surface area is 108 Å². The molecule has 0 spiro atoms. The molecule has 0 saturated carbocycles. The molecule has 2 rings (SSSR count). The molecule has 2 heterocycles. The highest BCUT2D eigenvalue weighted by Gasteiger charge is 2.25. The van der Waals surface area contributed by atoms with Gasteiger partial charge in [-0.15, -0.1) is 0 Å². The monoisotopic (exact) mass is 251 g/mol. The molecular weight excluding hydrogens is 230 g/mol. The van der Waals surface area contributed by atoms with Gasteiger partial charge in [-0.3, -0.25) is 4.90 Å². The van der Waals surface area contributed by atoms with E-state index in [0.717, 1.165) is 32.0 Å². The van der Waals surface area contributed by atoms with Crippen LogP contribution in [0.25, 0.3) is 0 Å². The van der Waals surface area contributed by atoms with Gasteiger partial charge in [0, 0.05) is 25.7 Å². The summed E-state index contributed by atoms with van der Waals surface area (Å²) in [7, 11) is 1.57. The number of nitrogen functional groups attached to an aromatic ring is 1. The number of nitrogens with zero attached hydrogens (tertiary/aromatic N) is 4. The molecule has 2 N–H and O–H groups in total. The van der Waals surface area contributed by atoms with Gasteiger partial charge < -0.3 is 15.4 Å². The van der Waals surface area contributed by atoms with Crippen LogP contribution in [0.4, 0.5) is 11.5 Å². The normalized spacial score (nSPS) is 21.1.